The first-order valence-electron chi connectivity index (χ1n) is 9.50. The van der Waals surface area contributed by atoms with E-state index in [-0.39, 0.29) is 25.0 Å². The molecular formula is C20H26FN3O4. The van der Waals surface area contributed by atoms with Crippen LogP contribution in [0.5, 0.6) is 0 Å². The Kier molecular flexibility index (Phi) is 6.77. The monoisotopic (exact) mass is 391 g/mol. The van der Waals surface area contributed by atoms with Crippen LogP contribution in [0.15, 0.2) is 30.0 Å². The molecule has 0 bridgehead atoms. The maximum Gasteiger partial charge on any atom is 0.277 e. The van der Waals surface area contributed by atoms with Crippen molar-refractivity contribution in [1.29, 1.82) is 0 Å². The summed E-state index contributed by atoms with van der Waals surface area (Å²) in [6.45, 7) is 4.00. The van der Waals surface area contributed by atoms with Gasteiger partial charge in [-0.05, 0) is 24.1 Å². The number of amides is 2. The lowest BCUT2D eigenvalue weighted by atomic mass is 10.0. The quantitative estimate of drug-likeness (QED) is 0.516. The molecule has 7 nitrogen and oxygen atoms in total. The molecule has 152 valence electrons. The number of carbonyl (C=O) groups excluding carboxylic acids is 2. The molecule has 1 saturated heterocycles. The van der Waals surface area contributed by atoms with Gasteiger partial charge in [-0.1, -0.05) is 12.1 Å². The maximum absolute atomic E-state index is 13.4. The molecule has 2 amide bonds. The number of aliphatic hydroxyl groups excluding tert-OH is 1. The molecule has 1 aromatic carbocycles. The Morgan fingerprint density at radius 1 is 1.04 bits per heavy atom. The number of piperazine rings is 1. The fourth-order valence-corrected chi connectivity index (χ4v) is 3.64. The van der Waals surface area contributed by atoms with Crippen LogP contribution >= 0.6 is 0 Å². The molecule has 1 N–H and O–H groups in total. The Morgan fingerprint density at radius 2 is 1.71 bits per heavy atom. The number of methoxy groups -OCH3 is 1. The van der Waals surface area contributed by atoms with Crippen molar-refractivity contribution in [2.75, 3.05) is 59.6 Å². The van der Waals surface area contributed by atoms with Gasteiger partial charge in [-0.3, -0.25) is 19.4 Å². The Balaban J connectivity index is 1.89. The first-order valence-corrected chi connectivity index (χ1v) is 9.50. The molecule has 0 aromatic heterocycles. The zero-order valence-electron chi connectivity index (χ0n) is 16.1. The molecule has 0 radical (unpaired) electrons. The number of halogens is 1. The molecular weight excluding hydrogens is 365 g/mol. The van der Waals surface area contributed by atoms with Crippen LogP contribution in [-0.2, 0) is 14.3 Å². The predicted octanol–water partition coefficient (Wildman–Crippen LogP) is 0.552. The van der Waals surface area contributed by atoms with Gasteiger partial charge in [0.05, 0.1) is 12.2 Å². The van der Waals surface area contributed by atoms with E-state index in [1.165, 1.54) is 29.2 Å². The largest absolute Gasteiger partial charge is 0.395 e. The number of hydrogen-bond donors (Lipinski definition) is 1. The number of carbonyl (C=O) groups is 2. The molecule has 2 aliphatic rings. The molecule has 0 saturated carbocycles. The molecule has 28 heavy (non-hydrogen) atoms. The van der Waals surface area contributed by atoms with E-state index in [1.807, 2.05) is 4.90 Å². The van der Waals surface area contributed by atoms with Gasteiger partial charge in [0.1, 0.15) is 11.5 Å². The van der Waals surface area contributed by atoms with Gasteiger partial charge in [-0.2, -0.15) is 0 Å². The number of rotatable bonds is 8. The van der Waals surface area contributed by atoms with Gasteiger partial charge in [0.15, 0.2) is 0 Å². The second-order valence-corrected chi connectivity index (χ2v) is 6.89. The zero-order valence-corrected chi connectivity index (χ0v) is 16.1. The minimum atomic E-state index is -0.391. The standard InChI is InChI=1S/C20H26FN3O4/c1-28-14-2-7-24-19(26)17(15-3-5-16(21)6-4-15)18(20(24)27)23-10-8-22(9-11-23)12-13-25/h3-6,25H,2,7-14H2,1H3. The van der Waals surface area contributed by atoms with Crippen molar-refractivity contribution in [3.05, 3.63) is 41.3 Å². The van der Waals surface area contributed by atoms with Crippen LogP contribution in [0, 0.1) is 5.82 Å². The number of aliphatic hydroxyl groups is 1. The zero-order chi connectivity index (χ0) is 20.1. The van der Waals surface area contributed by atoms with Gasteiger partial charge in [0.2, 0.25) is 0 Å². The van der Waals surface area contributed by atoms with Crippen molar-refractivity contribution < 1.29 is 23.8 Å². The van der Waals surface area contributed by atoms with Gasteiger partial charge in [-0.15, -0.1) is 0 Å². The second-order valence-electron chi connectivity index (χ2n) is 6.89. The predicted molar refractivity (Wildman–Crippen MR) is 102 cm³/mol. The third kappa shape index (κ3) is 4.24. The summed E-state index contributed by atoms with van der Waals surface area (Å²) in [5.74, 6) is -1.05. The number of hydrogen-bond acceptors (Lipinski definition) is 6. The van der Waals surface area contributed by atoms with Crippen LogP contribution in [0.1, 0.15) is 12.0 Å². The van der Waals surface area contributed by atoms with Crippen LogP contribution in [0.3, 0.4) is 0 Å². The SMILES string of the molecule is COCCCN1C(=O)C(c2ccc(F)cc2)=C(N2CCN(CCO)CC2)C1=O. The Morgan fingerprint density at radius 3 is 2.32 bits per heavy atom. The molecule has 0 aliphatic carbocycles. The third-order valence-corrected chi connectivity index (χ3v) is 5.11. The minimum Gasteiger partial charge on any atom is -0.395 e. The van der Waals surface area contributed by atoms with Crippen LogP contribution in [0.2, 0.25) is 0 Å². The molecule has 2 aliphatic heterocycles. The lowest BCUT2D eigenvalue weighted by molar-refractivity contribution is -0.137. The molecule has 3 rings (SSSR count). The summed E-state index contributed by atoms with van der Waals surface area (Å²) >= 11 is 0. The van der Waals surface area contributed by atoms with Crippen molar-refractivity contribution in [1.82, 2.24) is 14.7 Å². The number of nitrogens with zero attached hydrogens (tertiary/aromatic N) is 3. The van der Waals surface area contributed by atoms with E-state index in [0.29, 0.717) is 62.6 Å². The van der Waals surface area contributed by atoms with E-state index in [0.717, 1.165) is 0 Å². The lowest BCUT2D eigenvalue weighted by Crippen LogP contribution is -2.48. The average molecular weight is 391 g/mol. The number of imide groups is 1. The highest BCUT2D eigenvalue weighted by Gasteiger charge is 2.41. The van der Waals surface area contributed by atoms with Crippen molar-refractivity contribution in [3.8, 4) is 0 Å². The summed E-state index contributed by atoms with van der Waals surface area (Å²) in [5, 5.41) is 9.11. The smallest absolute Gasteiger partial charge is 0.277 e. The van der Waals surface area contributed by atoms with E-state index >= 15 is 0 Å². The normalized spacial score (nSPS) is 18.5. The summed E-state index contributed by atoms with van der Waals surface area (Å²) < 4.78 is 18.4. The maximum atomic E-state index is 13.4. The highest BCUT2D eigenvalue weighted by molar-refractivity contribution is 6.35. The molecule has 2 heterocycles. The Bertz CT molecular complexity index is 742. The fraction of sp³-hybridized carbons (Fsp3) is 0.500. The minimum absolute atomic E-state index is 0.0915. The van der Waals surface area contributed by atoms with Crippen molar-refractivity contribution >= 4 is 17.4 Å². The first-order chi connectivity index (χ1) is 13.6. The van der Waals surface area contributed by atoms with Gasteiger partial charge >= 0.3 is 0 Å². The molecule has 0 spiro atoms. The highest BCUT2D eigenvalue weighted by atomic mass is 19.1. The van der Waals surface area contributed by atoms with E-state index in [2.05, 4.69) is 4.90 Å². The van der Waals surface area contributed by atoms with Crippen LogP contribution in [0.25, 0.3) is 5.57 Å². The summed E-state index contributed by atoms with van der Waals surface area (Å²) in [5.41, 5.74) is 1.26. The Hall–Kier alpha value is -2.29. The van der Waals surface area contributed by atoms with E-state index < -0.39 is 5.82 Å². The number of β-amino-alcohol motifs (C(OH)–C–C–N with tert-alkyl or cyclic N) is 1. The summed E-state index contributed by atoms with van der Waals surface area (Å²) in [4.78, 5) is 31.5. The lowest BCUT2D eigenvalue weighted by Gasteiger charge is -2.36. The molecule has 0 atom stereocenters. The fourth-order valence-electron chi connectivity index (χ4n) is 3.64. The average Bonchev–Trinajstić information content (AvgIpc) is 2.94. The Labute approximate surface area is 164 Å². The summed E-state index contributed by atoms with van der Waals surface area (Å²) in [6, 6.07) is 5.67. The molecule has 8 heteroatoms. The molecule has 1 aromatic rings. The van der Waals surface area contributed by atoms with Gasteiger partial charge in [-0.25, -0.2) is 4.39 Å². The van der Waals surface area contributed by atoms with E-state index in [1.54, 1.807) is 7.11 Å². The van der Waals surface area contributed by atoms with Crippen molar-refractivity contribution in [2.45, 2.75) is 6.42 Å². The number of benzene rings is 1. The highest BCUT2D eigenvalue weighted by Crippen LogP contribution is 2.32. The van der Waals surface area contributed by atoms with Crippen molar-refractivity contribution in [2.24, 2.45) is 0 Å². The summed E-state index contributed by atoms with van der Waals surface area (Å²) in [7, 11) is 1.58. The molecule has 1 fully saturated rings. The number of ether oxygens (including phenoxy) is 1. The van der Waals surface area contributed by atoms with Gasteiger partial charge in [0, 0.05) is 53.0 Å². The summed E-state index contributed by atoms with van der Waals surface area (Å²) in [6.07, 6.45) is 0.558. The van der Waals surface area contributed by atoms with Gasteiger partial charge < -0.3 is 14.7 Å². The topological polar surface area (TPSA) is 73.3 Å². The second kappa shape index (κ2) is 9.27. The first kappa shape index (κ1) is 20.4. The third-order valence-electron chi connectivity index (χ3n) is 5.11. The van der Waals surface area contributed by atoms with Crippen molar-refractivity contribution in [3.63, 3.8) is 0 Å². The van der Waals surface area contributed by atoms with Crippen LogP contribution < -0.4 is 0 Å². The van der Waals surface area contributed by atoms with Crippen LogP contribution in [-0.4, -0.2) is 91.2 Å². The molecule has 0 unspecified atom stereocenters. The van der Waals surface area contributed by atoms with E-state index in [4.69, 9.17) is 9.84 Å². The van der Waals surface area contributed by atoms with Crippen LogP contribution in [0.4, 0.5) is 4.39 Å². The van der Waals surface area contributed by atoms with Gasteiger partial charge in [0.25, 0.3) is 11.8 Å². The van der Waals surface area contributed by atoms with E-state index in [9.17, 15) is 14.0 Å².